The Morgan fingerprint density at radius 2 is 1.75 bits per heavy atom. The van der Waals surface area contributed by atoms with Gasteiger partial charge in [-0.3, -0.25) is 9.69 Å². The van der Waals surface area contributed by atoms with E-state index in [-0.39, 0.29) is 18.0 Å². The first-order valence-electron chi connectivity index (χ1n) is 10.3. The lowest BCUT2D eigenvalue weighted by atomic mass is 9.95. The quantitative estimate of drug-likeness (QED) is 0.785. The third kappa shape index (κ3) is 4.95. The van der Waals surface area contributed by atoms with Crippen LogP contribution in [0.4, 0.5) is 10.5 Å². The number of hydrogen-bond acceptors (Lipinski definition) is 4. The van der Waals surface area contributed by atoms with Crippen LogP contribution in [0.2, 0.25) is 0 Å². The third-order valence-corrected chi connectivity index (χ3v) is 5.80. The van der Waals surface area contributed by atoms with Gasteiger partial charge in [0.15, 0.2) is 0 Å². The standard InChI is InChI=1S/C21H32N4O3/c1-3-22-20(26)19(16-6-4-5-7-16)24-12-14-25(15-13-24)21(27)23-17-8-10-18(28-2)11-9-17/h8-11,16,19H,3-7,12-15H2,1-2H3,(H,22,26)(H,23,27)/t19-/m1/s1. The highest BCUT2D eigenvalue weighted by molar-refractivity contribution is 5.89. The highest BCUT2D eigenvalue weighted by Crippen LogP contribution is 2.31. The molecule has 1 saturated heterocycles. The van der Waals surface area contributed by atoms with Crippen molar-refractivity contribution in [2.45, 2.75) is 38.6 Å². The predicted molar refractivity (Wildman–Crippen MR) is 110 cm³/mol. The van der Waals surface area contributed by atoms with Gasteiger partial charge in [0.1, 0.15) is 5.75 Å². The van der Waals surface area contributed by atoms with Crippen LogP contribution >= 0.6 is 0 Å². The summed E-state index contributed by atoms with van der Waals surface area (Å²) in [6.45, 7) is 5.34. The molecule has 1 aromatic rings. The predicted octanol–water partition coefficient (Wildman–Crippen LogP) is 2.54. The molecule has 2 fully saturated rings. The molecule has 28 heavy (non-hydrogen) atoms. The Morgan fingerprint density at radius 3 is 2.32 bits per heavy atom. The van der Waals surface area contributed by atoms with Crippen molar-refractivity contribution in [1.29, 1.82) is 0 Å². The molecule has 0 aromatic heterocycles. The maximum absolute atomic E-state index is 12.7. The first-order valence-corrected chi connectivity index (χ1v) is 10.3. The number of ether oxygens (including phenoxy) is 1. The second kappa shape index (κ2) is 9.78. The summed E-state index contributed by atoms with van der Waals surface area (Å²) < 4.78 is 5.14. The van der Waals surface area contributed by atoms with Gasteiger partial charge in [-0.05, 0) is 49.9 Å². The SMILES string of the molecule is CCNC(=O)[C@@H](C1CCCC1)N1CCN(C(=O)Nc2ccc(OC)cc2)CC1. The molecule has 7 nitrogen and oxygen atoms in total. The van der Waals surface area contributed by atoms with E-state index < -0.39 is 0 Å². The molecular weight excluding hydrogens is 356 g/mol. The Hall–Kier alpha value is -2.28. The minimum Gasteiger partial charge on any atom is -0.497 e. The topological polar surface area (TPSA) is 73.9 Å². The molecule has 1 saturated carbocycles. The van der Waals surface area contributed by atoms with E-state index in [9.17, 15) is 9.59 Å². The fourth-order valence-corrected chi connectivity index (χ4v) is 4.31. The van der Waals surface area contributed by atoms with E-state index in [0.29, 0.717) is 25.6 Å². The number of hydrogen-bond donors (Lipinski definition) is 2. The average molecular weight is 389 g/mol. The zero-order valence-corrected chi connectivity index (χ0v) is 16.9. The second-order valence-corrected chi connectivity index (χ2v) is 7.57. The monoisotopic (exact) mass is 388 g/mol. The van der Waals surface area contributed by atoms with Gasteiger partial charge in [-0.25, -0.2) is 4.79 Å². The number of anilines is 1. The van der Waals surface area contributed by atoms with Crippen LogP contribution in [0.1, 0.15) is 32.6 Å². The number of urea groups is 1. The van der Waals surface area contributed by atoms with E-state index in [1.54, 1.807) is 7.11 Å². The molecule has 7 heteroatoms. The van der Waals surface area contributed by atoms with Crippen molar-refractivity contribution >= 4 is 17.6 Å². The first kappa shape index (κ1) is 20.5. The summed E-state index contributed by atoms with van der Waals surface area (Å²) in [5.41, 5.74) is 0.749. The minimum absolute atomic E-state index is 0.0609. The molecule has 1 aliphatic heterocycles. The van der Waals surface area contributed by atoms with Gasteiger partial charge in [-0.15, -0.1) is 0 Å². The lowest BCUT2D eigenvalue weighted by Crippen LogP contribution is -2.58. The van der Waals surface area contributed by atoms with Crippen LogP contribution in [0.5, 0.6) is 5.75 Å². The van der Waals surface area contributed by atoms with Gasteiger partial charge >= 0.3 is 6.03 Å². The number of amides is 3. The van der Waals surface area contributed by atoms with Crippen molar-refractivity contribution in [1.82, 2.24) is 15.1 Å². The fraction of sp³-hybridized carbons (Fsp3) is 0.619. The number of likely N-dealkylation sites (N-methyl/N-ethyl adjacent to an activating group) is 1. The van der Waals surface area contributed by atoms with Crippen molar-refractivity contribution in [2.24, 2.45) is 5.92 Å². The fourth-order valence-electron chi connectivity index (χ4n) is 4.31. The van der Waals surface area contributed by atoms with Crippen molar-refractivity contribution in [3.8, 4) is 5.75 Å². The highest BCUT2D eigenvalue weighted by Gasteiger charge is 2.37. The minimum atomic E-state index is -0.0970. The Balaban J connectivity index is 1.55. The average Bonchev–Trinajstić information content (AvgIpc) is 3.23. The summed E-state index contributed by atoms with van der Waals surface area (Å²) in [6.07, 6.45) is 4.68. The number of nitrogens with one attached hydrogen (secondary N) is 2. The maximum Gasteiger partial charge on any atom is 0.321 e. The molecule has 154 valence electrons. The Morgan fingerprint density at radius 1 is 1.11 bits per heavy atom. The van der Waals surface area contributed by atoms with Crippen LogP contribution in [-0.2, 0) is 4.79 Å². The molecular formula is C21H32N4O3. The smallest absolute Gasteiger partial charge is 0.321 e. The molecule has 1 aliphatic carbocycles. The van der Waals surface area contributed by atoms with E-state index in [0.717, 1.165) is 37.4 Å². The van der Waals surface area contributed by atoms with Crippen LogP contribution in [0.15, 0.2) is 24.3 Å². The molecule has 0 bridgehead atoms. The van der Waals surface area contributed by atoms with Crippen molar-refractivity contribution < 1.29 is 14.3 Å². The second-order valence-electron chi connectivity index (χ2n) is 7.57. The Kier molecular flexibility index (Phi) is 7.14. The molecule has 0 radical (unpaired) electrons. The number of piperazine rings is 1. The van der Waals surface area contributed by atoms with E-state index in [1.165, 1.54) is 12.8 Å². The van der Waals surface area contributed by atoms with Crippen LogP contribution in [0, 0.1) is 5.92 Å². The lowest BCUT2D eigenvalue weighted by Gasteiger charge is -2.40. The van der Waals surface area contributed by atoms with Crippen LogP contribution < -0.4 is 15.4 Å². The van der Waals surface area contributed by atoms with Crippen LogP contribution in [0.3, 0.4) is 0 Å². The molecule has 0 spiro atoms. The molecule has 2 aliphatic rings. The normalized spacial score (nSPS) is 19.3. The summed E-state index contributed by atoms with van der Waals surface area (Å²) in [5.74, 6) is 1.34. The van der Waals surface area contributed by atoms with Gasteiger partial charge in [0.2, 0.25) is 5.91 Å². The van der Waals surface area contributed by atoms with E-state index in [2.05, 4.69) is 15.5 Å². The molecule has 2 N–H and O–H groups in total. The summed E-state index contributed by atoms with van der Waals surface area (Å²) in [5, 5.41) is 5.95. The van der Waals surface area contributed by atoms with Crippen molar-refractivity contribution in [3.63, 3.8) is 0 Å². The zero-order chi connectivity index (χ0) is 19.9. The molecule has 3 rings (SSSR count). The number of benzene rings is 1. The number of rotatable bonds is 6. The van der Waals surface area contributed by atoms with E-state index in [1.807, 2.05) is 36.1 Å². The highest BCUT2D eigenvalue weighted by atomic mass is 16.5. The van der Waals surface area contributed by atoms with Gasteiger partial charge in [0, 0.05) is 38.4 Å². The number of carbonyl (C=O) groups is 2. The number of carbonyl (C=O) groups excluding carboxylic acids is 2. The van der Waals surface area contributed by atoms with Crippen LogP contribution in [-0.4, -0.2) is 67.6 Å². The van der Waals surface area contributed by atoms with E-state index in [4.69, 9.17) is 4.74 Å². The zero-order valence-electron chi connectivity index (χ0n) is 16.9. The summed E-state index contributed by atoms with van der Waals surface area (Å²) in [4.78, 5) is 29.4. The number of nitrogens with zero attached hydrogens (tertiary/aromatic N) is 2. The summed E-state index contributed by atoms with van der Waals surface area (Å²) >= 11 is 0. The molecule has 1 aromatic carbocycles. The first-order chi connectivity index (χ1) is 13.6. The third-order valence-electron chi connectivity index (χ3n) is 5.80. The molecule has 0 unspecified atom stereocenters. The van der Waals surface area contributed by atoms with Gasteiger partial charge in [-0.2, -0.15) is 0 Å². The maximum atomic E-state index is 12.7. The Bertz CT molecular complexity index is 650. The largest absolute Gasteiger partial charge is 0.497 e. The molecule has 3 amide bonds. The van der Waals surface area contributed by atoms with Crippen molar-refractivity contribution in [3.05, 3.63) is 24.3 Å². The van der Waals surface area contributed by atoms with Crippen molar-refractivity contribution in [2.75, 3.05) is 45.2 Å². The lowest BCUT2D eigenvalue weighted by molar-refractivity contribution is -0.129. The molecule has 1 atom stereocenters. The summed E-state index contributed by atoms with van der Waals surface area (Å²) in [6, 6.07) is 7.16. The Labute approximate surface area is 167 Å². The van der Waals surface area contributed by atoms with Gasteiger partial charge in [0.25, 0.3) is 0 Å². The van der Waals surface area contributed by atoms with Gasteiger partial charge in [-0.1, -0.05) is 12.8 Å². The van der Waals surface area contributed by atoms with Gasteiger partial charge in [0.05, 0.1) is 13.2 Å². The van der Waals surface area contributed by atoms with Gasteiger partial charge < -0.3 is 20.3 Å². The van der Waals surface area contributed by atoms with Crippen LogP contribution in [0.25, 0.3) is 0 Å². The summed E-state index contributed by atoms with van der Waals surface area (Å²) in [7, 11) is 1.62. The van der Waals surface area contributed by atoms with E-state index >= 15 is 0 Å². The number of methoxy groups -OCH3 is 1. The molecule has 1 heterocycles.